The van der Waals surface area contributed by atoms with Crippen LogP contribution in [0.1, 0.15) is 35.9 Å². The number of ether oxygens (including phenoxy) is 1. The van der Waals surface area contributed by atoms with E-state index in [-0.39, 0.29) is 11.8 Å². The summed E-state index contributed by atoms with van der Waals surface area (Å²) >= 11 is 0. The number of carbonyl (C=O) groups is 2. The molecule has 2 heterocycles. The lowest BCUT2D eigenvalue weighted by Crippen LogP contribution is -2.28. The van der Waals surface area contributed by atoms with E-state index in [0.29, 0.717) is 28.5 Å². The molecule has 0 aliphatic carbocycles. The Morgan fingerprint density at radius 1 is 1.07 bits per heavy atom. The van der Waals surface area contributed by atoms with Gasteiger partial charge in [0.05, 0.1) is 25.5 Å². The molecule has 1 aromatic carbocycles. The molecule has 0 spiro atoms. The van der Waals surface area contributed by atoms with E-state index in [4.69, 9.17) is 4.74 Å². The molecule has 0 radical (unpaired) electrons. The molecule has 2 aromatic heterocycles. The van der Waals surface area contributed by atoms with Crippen LogP contribution < -0.4 is 15.4 Å². The van der Waals surface area contributed by atoms with Gasteiger partial charge in [0.25, 0.3) is 5.91 Å². The van der Waals surface area contributed by atoms with E-state index < -0.39 is 6.04 Å². The standard InChI is InChI=1S/C18H19N7O3/c1-11(16-17(20-5-4-19-16)25-21-6-7-22-25)23-18(27)13-8-14(24-12(2)26)10-15(9-13)28-3/h4-11H,1-3H3,(H,23,27)(H,24,26). The maximum atomic E-state index is 12.8. The van der Waals surface area contributed by atoms with E-state index in [2.05, 4.69) is 30.8 Å². The second-order valence-electron chi connectivity index (χ2n) is 5.91. The first kappa shape index (κ1) is 19.0. The van der Waals surface area contributed by atoms with Gasteiger partial charge in [-0.1, -0.05) is 0 Å². The van der Waals surface area contributed by atoms with Crippen molar-refractivity contribution >= 4 is 17.5 Å². The van der Waals surface area contributed by atoms with Crippen molar-refractivity contribution in [3.8, 4) is 11.6 Å². The van der Waals surface area contributed by atoms with Crippen LogP contribution >= 0.6 is 0 Å². The summed E-state index contributed by atoms with van der Waals surface area (Å²) in [5.41, 5.74) is 1.31. The van der Waals surface area contributed by atoms with Gasteiger partial charge in [-0.25, -0.2) is 4.98 Å². The van der Waals surface area contributed by atoms with Gasteiger partial charge in [-0.05, 0) is 19.1 Å². The van der Waals surface area contributed by atoms with Crippen LogP contribution in [0.2, 0.25) is 0 Å². The van der Waals surface area contributed by atoms with Gasteiger partial charge < -0.3 is 15.4 Å². The van der Waals surface area contributed by atoms with Crippen molar-refractivity contribution in [2.45, 2.75) is 19.9 Å². The summed E-state index contributed by atoms with van der Waals surface area (Å²) in [6.07, 6.45) is 6.12. The first-order valence-corrected chi connectivity index (χ1v) is 8.43. The Hall–Kier alpha value is -3.82. The summed E-state index contributed by atoms with van der Waals surface area (Å²) in [5, 5.41) is 13.6. The molecule has 2 N–H and O–H groups in total. The van der Waals surface area contributed by atoms with Crippen molar-refractivity contribution in [3.63, 3.8) is 0 Å². The minimum Gasteiger partial charge on any atom is -0.497 e. The third kappa shape index (κ3) is 4.29. The van der Waals surface area contributed by atoms with Crippen molar-refractivity contribution < 1.29 is 14.3 Å². The molecule has 28 heavy (non-hydrogen) atoms. The maximum Gasteiger partial charge on any atom is 0.252 e. The Morgan fingerprint density at radius 3 is 2.46 bits per heavy atom. The molecule has 0 fully saturated rings. The number of hydrogen-bond acceptors (Lipinski definition) is 7. The van der Waals surface area contributed by atoms with Crippen molar-refractivity contribution in [1.82, 2.24) is 30.3 Å². The van der Waals surface area contributed by atoms with E-state index in [1.807, 2.05) is 0 Å². The Labute approximate surface area is 161 Å². The Morgan fingerprint density at radius 2 is 1.79 bits per heavy atom. The van der Waals surface area contributed by atoms with Crippen LogP contribution in [0.25, 0.3) is 5.82 Å². The fourth-order valence-corrected chi connectivity index (χ4v) is 2.60. The molecular weight excluding hydrogens is 362 g/mol. The number of methoxy groups -OCH3 is 1. The van der Waals surface area contributed by atoms with Gasteiger partial charge in [-0.3, -0.25) is 14.6 Å². The van der Waals surface area contributed by atoms with E-state index in [9.17, 15) is 9.59 Å². The zero-order valence-corrected chi connectivity index (χ0v) is 15.6. The number of hydrogen-bond donors (Lipinski definition) is 2. The van der Waals surface area contributed by atoms with Crippen molar-refractivity contribution in [3.05, 3.63) is 54.2 Å². The lowest BCUT2D eigenvalue weighted by atomic mass is 10.1. The van der Waals surface area contributed by atoms with Gasteiger partial charge in [0, 0.05) is 36.6 Å². The number of amides is 2. The lowest BCUT2D eigenvalue weighted by molar-refractivity contribution is -0.114. The van der Waals surface area contributed by atoms with Crippen LogP contribution in [0.5, 0.6) is 5.75 Å². The van der Waals surface area contributed by atoms with Crippen molar-refractivity contribution in [2.75, 3.05) is 12.4 Å². The average Bonchev–Trinajstić information content (AvgIpc) is 3.21. The quantitative estimate of drug-likeness (QED) is 0.663. The zero-order valence-electron chi connectivity index (χ0n) is 15.6. The molecule has 10 heteroatoms. The summed E-state index contributed by atoms with van der Waals surface area (Å²) in [6.45, 7) is 3.17. The molecule has 0 aliphatic rings. The van der Waals surface area contributed by atoms with Gasteiger partial charge in [0.1, 0.15) is 11.4 Å². The molecule has 1 atom stereocenters. The molecule has 0 bridgehead atoms. The van der Waals surface area contributed by atoms with Crippen molar-refractivity contribution in [2.24, 2.45) is 0 Å². The minimum atomic E-state index is -0.474. The average molecular weight is 381 g/mol. The molecule has 0 saturated heterocycles. The smallest absolute Gasteiger partial charge is 0.252 e. The molecule has 0 saturated carbocycles. The summed E-state index contributed by atoms with van der Waals surface area (Å²) in [7, 11) is 1.49. The minimum absolute atomic E-state index is 0.246. The van der Waals surface area contributed by atoms with Crippen LogP contribution in [-0.4, -0.2) is 43.9 Å². The number of anilines is 1. The van der Waals surface area contributed by atoms with E-state index in [0.717, 1.165) is 0 Å². The Bertz CT molecular complexity index is 989. The molecular formula is C18H19N7O3. The van der Waals surface area contributed by atoms with E-state index in [1.165, 1.54) is 43.6 Å². The number of nitrogens with zero attached hydrogens (tertiary/aromatic N) is 5. The number of carbonyl (C=O) groups excluding carboxylic acids is 2. The zero-order chi connectivity index (χ0) is 20.1. The van der Waals surface area contributed by atoms with Crippen LogP contribution in [0.15, 0.2) is 43.0 Å². The molecule has 2 amide bonds. The van der Waals surface area contributed by atoms with Gasteiger partial charge >= 0.3 is 0 Å². The molecule has 0 aliphatic heterocycles. The third-order valence-electron chi connectivity index (χ3n) is 3.80. The predicted molar refractivity (Wildman–Crippen MR) is 100 cm³/mol. The van der Waals surface area contributed by atoms with E-state index >= 15 is 0 Å². The summed E-state index contributed by atoms with van der Waals surface area (Å²) in [6, 6.07) is 4.31. The molecule has 1 unspecified atom stereocenters. The molecule has 3 rings (SSSR count). The summed E-state index contributed by atoms with van der Waals surface area (Å²) < 4.78 is 5.21. The number of benzene rings is 1. The second kappa shape index (κ2) is 8.25. The predicted octanol–water partition coefficient (Wildman–Crippen LogP) is 1.52. The summed E-state index contributed by atoms with van der Waals surface area (Å²) in [4.78, 5) is 34.0. The maximum absolute atomic E-state index is 12.8. The Balaban J connectivity index is 1.85. The second-order valence-corrected chi connectivity index (χ2v) is 5.91. The number of rotatable bonds is 6. The van der Waals surface area contributed by atoms with Crippen LogP contribution in [0.4, 0.5) is 5.69 Å². The SMILES string of the molecule is COc1cc(NC(C)=O)cc(C(=O)NC(C)c2nccnc2-n2nccn2)c1. The fourth-order valence-electron chi connectivity index (χ4n) is 2.60. The first-order valence-electron chi connectivity index (χ1n) is 8.43. The fraction of sp³-hybridized carbons (Fsp3) is 0.222. The molecule has 144 valence electrons. The highest BCUT2D eigenvalue weighted by molar-refractivity contribution is 5.97. The van der Waals surface area contributed by atoms with Crippen molar-refractivity contribution in [1.29, 1.82) is 0 Å². The number of aromatic nitrogens is 5. The van der Waals surface area contributed by atoms with Crippen LogP contribution in [0.3, 0.4) is 0 Å². The van der Waals surface area contributed by atoms with Crippen LogP contribution in [-0.2, 0) is 4.79 Å². The van der Waals surface area contributed by atoms with E-state index in [1.54, 1.807) is 25.1 Å². The Kier molecular flexibility index (Phi) is 5.58. The van der Waals surface area contributed by atoms with Gasteiger partial charge in [-0.2, -0.15) is 10.2 Å². The highest BCUT2D eigenvalue weighted by Gasteiger charge is 2.19. The molecule has 10 nitrogen and oxygen atoms in total. The summed E-state index contributed by atoms with van der Waals surface area (Å²) in [5.74, 6) is 0.266. The first-order chi connectivity index (χ1) is 13.5. The van der Waals surface area contributed by atoms with Gasteiger partial charge in [0.15, 0.2) is 5.82 Å². The van der Waals surface area contributed by atoms with Gasteiger partial charge in [-0.15, -0.1) is 4.80 Å². The largest absolute Gasteiger partial charge is 0.497 e. The topological polar surface area (TPSA) is 124 Å². The lowest BCUT2D eigenvalue weighted by Gasteiger charge is -2.16. The normalized spacial score (nSPS) is 11.5. The molecule has 3 aromatic rings. The third-order valence-corrected chi connectivity index (χ3v) is 3.80. The number of nitrogens with one attached hydrogen (secondary N) is 2. The highest BCUT2D eigenvalue weighted by Crippen LogP contribution is 2.22. The van der Waals surface area contributed by atoms with Crippen LogP contribution in [0, 0.1) is 0 Å². The van der Waals surface area contributed by atoms with Gasteiger partial charge in [0.2, 0.25) is 5.91 Å². The monoisotopic (exact) mass is 381 g/mol. The highest BCUT2D eigenvalue weighted by atomic mass is 16.5.